The van der Waals surface area contributed by atoms with E-state index in [9.17, 15) is 14.9 Å². The third-order valence-corrected chi connectivity index (χ3v) is 2.19. The van der Waals surface area contributed by atoms with Gasteiger partial charge in [0.1, 0.15) is 10.6 Å². The maximum atomic E-state index is 11.3. The predicted octanol–water partition coefficient (Wildman–Crippen LogP) is 1.43. The standard InChI is InChI=1S/C10H9N3O4/c1-2-12-9(14)5-3-7(11-12)8-4-6-10(17-8)13(15)16/h3-6H,2H2,1H3. The summed E-state index contributed by atoms with van der Waals surface area (Å²) < 4.78 is 6.25. The molecule has 7 nitrogen and oxygen atoms in total. The van der Waals surface area contributed by atoms with Gasteiger partial charge in [-0.05, 0) is 19.1 Å². The molecule has 2 rings (SSSR count). The zero-order valence-corrected chi connectivity index (χ0v) is 8.99. The lowest BCUT2D eigenvalue weighted by atomic mass is 10.3. The van der Waals surface area contributed by atoms with Gasteiger partial charge in [0.05, 0.1) is 6.07 Å². The Hall–Kier alpha value is -2.44. The van der Waals surface area contributed by atoms with Crippen molar-refractivity contribution < 1.29 is 9.34 Å². The number of nitrogens with zero attached hydrogens (tertiary/aromatic N) is 3. The quantitative estimate of drug-likeness (QED) is 0.592. The van der Waals surface area contributed by atoms with Crippen molar-refractivity contribution in [3.63, 3.8) is 0 Å². The van der Waals surface area contributed by atoms with E-state index in [1.54, 1.807) is 6.92 Å². The molecule has 0 radical (unpaired) electrons. The van der Waals surface area contributed by atoms with Crippen molar-refractivity contribution in [3.05, 3.63) is 44.7 Å². The molecule has 0 N–H and O–H groups in total. The van der Waals surface area contributed by atoms with Crippen LogP contribution in [0.15, 0.2) is 33.5 Å². The van der Waals surface area contributed by atoms with Crippen molar-refractivity contribution in [2.24, 2.45) is 0 Å². The van der Waals surface area contributed by atoms with Gasteiger partial charge in [0.15, 0.2) is 5.76 Å². The van der Waals surface area contributed by atoms with Crippen LogP contribution in [-0.4, -0.2) is 14.7 Å². The SMILES string of the molecule is CCn1nc(-c2ccc([N+](=O)[O-])o2)ccc1=O. The number of rotatable bonds is 3. The zero-order valence-electron chi connectivity index (χ0n) is 8.99. The van der Waals surface area contributed by atoms with Crippen molar-refractivity contribution in [3.8, 4) is 11.5 Å². The Labute approximate surface area is 95.4 Å². The van der Waals surface area contributed by atoms with E-state index in [2.05, 4.69) is 5.10 Å². The van der Waals surface area contributed by atoms with Gasteiger partial charge in [-0.25, -0.2) is 4.68 Å². The van der Waals surface area contributed by atoms with Gasteiger partial charge < -0.3 is 4.42 Å². The first-order valence-corrected chi connectivity index (χ1v) is 4.94. The van der Waals surface area contributed by atoms with Gasteiger partial charge in [0.2, 0.25) is 0 Å². The predicted molar refractivity (Wildman–Crippen MR) is 58.5 cm³/mol. The summed E-state index contributed by atoms with van der Waals surface area (Å²) in [6.07, 6.45) is 0. The smallest absolute Gasteiger partial charge is 0.399 e. The van der Waals surface area contributed by atoms with Crippen LogP contribution in [0.2, 0.25) is 0 Å². The van der Waals surface area contributed by atoms with E-state index in [0.717, 1.165) is 0 Å². The van der Waals surface area contributed by atoms with Crippen LogP contribution in [-0.2, 0) is 6.54 Å². The largest absolute Gasteiger partial charge is 0.433 e. The van der Waals surface area contributed by atoms with Crippen molar-refractivity contribution >= 4 is 5.88 Å². The van der Waals surface area contributed by atoms with Gasteiger partial charge in [-0.2, -0.15) is 5.10 Å². The molecule has 2 aromatic rings. The monoisotopic (exact) mass is 235 g/mol. The Morgan fingerprint density at radius 2 is 2.18 bits per heavy atom. The number of furan rings is 1. The number of hydrogen-bond donors (Lipinski definition) is 0. The zero-order chi connectivity index (χ0) is 12.4. The molecule has 17 heavy (non-hydrogen) atoms. The van der Waals surface area contributed by atoms with Crippen LogP contribution in [0.1, 0.15) is 6.92 Å². The first-order chi connectivity index (χ1) is 8.11. The molecule has 0 saturated heterocycles. The summed E-state index contributed by atoms with van der Waals surface area (Å²) in [6.45, 7) is 2.21. The topological polar surface area (TPSA) is 91.2 Å². The van der Waals surface area contributed by atoms with Crippen LogP contribution in [0.4, 0.5) is 5.88 Å². The summed E-state index contributed by atoms with van der Waals surface area (Å²) in [6, 6.07) is 5.51. The van der Waals surface area contributed by atoms with Gasteiger partial charge in [0.25, 0.3) is 5.56 Å². The van der Waals surface area contributed by atoms with Crippen LogP contribution in [0.25, 0.3) is 11.5 Å². The molecule has 0 aliphatic heterocycles. The maximum absolute atomic E-state index is 11.3. The van der Waals surface area contributed by atoms with Crippen LogP contribution < -0.4 is 5.56 Å². The highest BCUT2D eigenvalue weighted by Gasteiger charge is 2.14. The van der Waals surface area contributed by atoms with Crippen LogP contribution in [0, 0.1) is 10.1 Å². The average molecular weight is 235 g/mol. The Morgan fingerprint density at radius 1 is 1.41 bits per heavy atom. The fourth-order valence-corrected chi connectivity index (χ4v) is 1.37. The number of aromatic nitrogens is 2. The van der Waals surface area contributed by atoms with Crippen LogP contribution in [0.5, 0.6) is 0 Å². The summed E-state index contributed by atoms with van der Waals surface area (Å²) in [7, 11) is 0. The van der Waals surface area contributed by atoms with Gasteiger partial charge in [-0.1, -0.05) is 0 Å². The summed E-state index contributed by atoms with van der Waals surface area (Å²) >= 11 is 0. The fraction of sp³-hybridized carbons (Fsp3) is 0.200. The van der Waals surface area contributed by atoms with E-state index in [0.29, 0.717) is 12.2 Å². The summed E-state index contributed by atoms with van der Waals surface area (Å²) in [4.78, 5) is 21.1. The van der Waals surface area contributed by atoms with E-state index in [4.69, 9.17) is 4.42 Å². The highest BCUT2D eigenvalue weighted by atomic mass is 16.6. The van der Waals surface area contributed by atoms with E-state index >= 15 is 0 Å². The molecule has 0 aliphatic carbocycles. The van der Waals surface area contributed by atoms with Gasteiger partial charge in [-0.15, -0.1) is 0 Å². The Balaban J connectivity index is 2.45. The molecular weight excluding hydrogens is 226 g/mol. The van der Waals surface area contributed by atoms with Gasteiger partial charge >= 0.3 is 5.88 Å². The lowest BCUT2D eigenvalue weighted by Crippen LogP contribution is -2.20. The second-order valence-electron chi connectivity index (χ2n) is 3.27. The number of aryl methyl sites for hydroxylation is 1. The normalized spacial score (nSPS) is 10.4. The third-order valence-electron chi connectivity index (χ3n) is 2.19. The minimum atomic E-state index is -0.626. The minimum absolute atomic E-state index is 0.225. The summed E-state index contributed by atoms with van der Waals surface area (Å²) in [5.41, 5.74) is 0.164. The molecule has 0 spiro atoms. The highest BCUT2D eigenvalue weighted by Crippen LogP contribution is 2.23. The summed E-state index contributed by atoms with van der Waals surface area (Å²) in [5.74, 6) is -0.0880. The fourth-order valence-electron chi connectivity index (χ4n) is 1.37. The first kappa shape index (κ1) is 11.1. The Bertz CT molecular complexity index is 614. The molecule has 0 bridgehead atoms. The van der Waals surface area contributed by atoms with Gasteiger partial charge in [-0.3, -0.25) is 14.9 Å². The molecule has 2 heterocycles. The molecule has 0 amide bonds. The molecule has 7 heteroatoms. The third kappa shape index (κ3) is 2.07. The lowest BCUT2D eigenvalue weighted by Gasteiger charge is -2.01. The molecule has 0 unspecified atom stereocenters. The Kier molecular flexibility index (Phi) is 2.73. The summed E-state index contributed by atoms with van der Waals surface area (Å²) in [5, 5.41) is 14.5. The average Bonchev–Trinajstić information content (AvgIpc) is 2.79. The van der Waals surface area contributed by atoms with Crippen molar-refractivity contribution in [1.82, 2.24) is 9.78 Å². The van der Waals surface area contributed by atoms with Crippen molar-refractivity contribution in [2.45, 2.75) is 13.5 Å². The van der Waals surface area contributed by atoms with E-state index in [1.165, 1.54) is 28.9 Å². The minimum Gasteiger partial charge on any atom is -0.399 e. The molecule has 88 valence electrons. The molecule has 0 saturated carbocycles. The molecule has 0 aromatic carbocycles. The second-order valence-corrected chi connectivity index (χ2v) is 3.27. The molecule has 0 fully saturated rings. The molecular formula is C10H9N3O4. The first-order valence-electron chi connectivity index (χ1n) is 4.94. The molecule has 0 aliphatic rings. The molecule has 2 aromatic heterocycles. The van der Waals surface area contributed by atoms with Crippen molar-refractivity contribution in [2.75, 3.05) is 0 Å². The van der Waals surface area contributed by atoms with E-state index in [-0.39, 0.29) is 17.2 Å². The second kappa shape index (κ2) is 4.20. The molecule has 0 atom stereocenters. The van der Waals surface area contributed by atoms with E-state index < -0.39 is 4.92 Å². The van der Waals surface area contributed by atoms with Gasteiger partial charge in [0, 0.05) is 12.6 Å². The van der Waals surface area contributed by atoms with Crippen LogP contribution >= 0.6 is 0 Å². The number of nitro groups is 1. The lowest BCUT2D eigenvalue weighted by molar-refractivity contribution is -0.401. The van der Waals surface area contributed by atoms with E-state index in [1.807, 2.05) is 0 Å². The highest BCUT2D eigenvalue weighted by molar-refractivity contribution is 5.52. The maximum Gasteiger partial charge on any atom is 0.433 e. The van der Waals surface area contributed by atoms with Crippen LogP contribution in [0.3, 0.4) is 0 Å². The number of hydrogen-bond acceptors (Lipinski definition) is 5. The van der Waals surface area contributed by atoms with Crippen molar-refractivity contribution in [1.29, 1.82) is 0 Å². The Morgan fingerprint density at radius 3 is 2.76 bits per heavy atom.